The van der Waals surface area contributed by atoms with Gasteiger partial charge in [0, 0.05) is 43.0 Å². The summed E-state index contributed by atoms with van der Waals surface area (Å²) in [5.41, 5.74) is 0.747. The third-order valence-corrected chi connectivity index (χ3v) is 4.41. The summed E-state index contributed by atoms with van der Waals surface area (Å²) in [4.78, 5) is 11.5. The quantitative estimate of drug-likeness (QED) is 0.892. The molecule has 1 aliphatic rings. The Balaban J connectivity index is 1.80. The maximum atomic E-state index is 6.29. The number of rotatable bonds is 5. The zero-order valence-electron chi connectivity index (χ0n) is 13.1. The molecule has 0 spiro atoms. The van der Waals surface area contributed by atoms with Crippen molar-refractivity contribution >= 4 is 39.9 Å². The van der Waals surface area contributed by atoms with Crippen molar-refractivity contribution in [2.75, 3.05) is 44.7 Å². The first kappa shape index (κ1) is 16.7. The van der Waals surface area contributed by atoms with Crippen LogP contribution < -0.4 is 5.32 Å². The van der Waals surface area contributed by atoms with Gasteiger partial charge < -0.3 is 10.1 Å². The maximum Gasteiger partial charge on any atom is 0.137 e. The molecule has 0 amide bonds. The lowest BCUT2D eigenvalue weighted by molar-refractivity contribution is 0.0398. The molecule has 0 radical (unpaired) electrons. The molecule has 0 saturated carbocycles. The number of nitrogens with one attached hydrogen (secondary N) is 1. The Bertz CT molecular complexity index is 689. The Labute approximate surface area is 145 Å². The van der Waals surface area contributed by atoms with Gasteiger partial charge in [-0.25, -0.2) is 9.97 Å². The van der Waals surface area contributed by atoms with Crippen LogP contribution in [-0.4, -0.2) is 54.3 Å². The van der Waals surface area contributed by atoms with Crippen molar-refractivity contribution in [2.45, 2.75) is 13.3 Å². The normalized spacial score (nSPS) is 16.0. The molecule has 2 aromatic rings. The van der Waals surface area contributed by atoms with E-state index < -0.39 is 0 Å². The monoisotopic (exact) mass is 354 g/mol. The zero-order chi connectivity index (χ0) is 16.2. The van der Waals surface area contributed by atoms with Gasteiger partial charge in [0.05, 0.1) is 23.8 Å². The number of ether oxygens (including phenoxy) is 1. The second-order valence-corrected chi connectivity index (χ2v) is 6.35. The van der Waals surface area contributed by atoms with Gasteiger partial charge in [-0.3, -0.25) is 4.90 Å². The highest BCUT2D eigenvalue weighted by atomic mass is 35.5. The fraction of sp³-hybridized carbons (Fsp3) is 0.500. The second kappa shape index (κ2) is 7.62. The lowest BCUT2D eigenvalue weighted by Crippen LogP contribution is -2.39. The zero-order valence-corrected chi connectivity index (χ0v) is 14.6. The topological polar surface area (TPSA) is 50.3 Å². The molecule has 1 aromatic carbocycles. The molecular weight excluding hydrogens is 335 g/mol. The van der Waals surface area contributed by atoms with Crippen LogP contribution in [0.5, 0.6) is 0 Å². The molecule has 1 aliphatic heterocycles. The van der Waals surface area contributed by atoms with E-state index in [2.05, 4.69) is 20.2 Å². The van der Waals surface area contributed by atoms with E-state index >= 15 is 0 Å². The third kappa shape index (κ3) is 4.04. The van der Waals surface area contributed by atoms with Crippen molar-refractivity contribution in [3.63, 3.8) is 0 Å². The Morgan fingerprint density at radius 1 is 1.22 bits per heavy atom. The summed E-state index contributed by atoms with van der Waals surface area (Å²) in [6, 6.07) is 3.58. The smallest absolute Gasteiger partial charge is 0.137 e. The minimum absolute atomic E-state index is 0.556. The fourth-order valence-corrected chi connectivity index (χ4v) is 3.19. The molecular formula is C16H20Cl2N4O. The van der Waals surface area contributed by atoms with Crippen LogP contribution in [0, 0.1) is 0 Å². The van der Waals surface area contributed by atoms with E-state index in [9.17, 15) is 0 Å². The Hall–Kier alpha value is -1.14. The predicted octanol–water partition coefficient (Wildman–Crippen LogP) is 3.24. The Morgan fingerprint density at radius 2 is 2.00 bits per heavy atom. The lowest BCUT2D eigenvalue weighted by Gasteiger charge is -2.26. The molecule has 1 saturated heterocycles. The first-order chi connectivity index (χ1) is 11.2. The van der Waals surface area contributed by atoms with E-state index in [0.717, 1.165) is 68.4 Å². The summed E-state index contributed by atoms with van der Waals surface area (Å²) in [5, 5.41) is 5.42. The number of fused-ring (bicyclic) bond motifs is 1. The third-order valence-electron chi connectivity index (χ3n) is 3.91. The molecule has 0 aliphatic carbocycles. The standard InChI is InChI=1S/C16H20Cl2N4O/c1-2-14-20-15-12(9-11(17)10-13(15)18)16(21-14)19-3-4-22-5-7-23-8-6-22/h9-10H,2-8H2,1H3,(H,19,20,21). The molecule has 0 unspecified atom stereocenters. The maximum absolute atomic E-state index is 6.29. The summed E-state index contributed by atoms with van der Waals surface area (Å²) >= 11 is 12.4. The summed E-state index contributed by atoms with van der Waals surface area (Å²) in [6.07, 6.45) is 0.757. The van der Waals surface area contributed by atoms with Gasteiger partial charge in [0.15, 0.2) is 0 Å². The van der Waals surface area contributed by atoms with Crippen LogP contribution in [0.1, 0.15) is 12.7 Å². The first-order valence-corrected chi connectivity index (χ1v) is 8.62. The van der Waals surface area contributed by atoms with Crippen molar-refractivity contribution in [3.05, 3.63) is 28.0 Å². The van der Waals surface area contributed by atoms with E-state index in [1.807, 2.05) is 13.0 Å². The van der Waals surface area contributed by atoms with Crippen LogP contribution in [0.2, 0.25) is 10.0 Å². The molecule has 1 fully saturated rings. The minimum Gasteiger partial charge on any atom is -0.379 e. The van der Waals surface area contributed by atoms with Gasteiger partial charge >= 0.3 is 0 Å². The summed E-state index contributed by atoms with van der Waals surface area (Å²) in [5.74, 6) is 1.57. The second-order valence-electron chi connectivity index (χ2n) is 5.51. The van der Waals surface area contributed by atoms with Gasteiger partial charge in [0.2, 0.25) is 0 Å². The van der Waals surface area contributed by atoms with Crippen LogP contribution >= 0.6 is 23.2 Å². The van der Waals surface area contributed by atoms with Crippen LogP contribution in [0.25, 0.3) is 10.9 Å². The van der Waals surface area contributed by atoms with Gasteiger partial charge in [-0.15, -0.1) is 0 Å². The lowest BCUT2D eigenvalue weighted by atomic mass is 10.2. The number of nitrogens with zero attached hydrogens (tertiary/aromatic N) is 3. The average Bonchev–Trinajstić information content (AvgIpc) is 2.56. The molecule has 1 N–H and O–H groups in total. The average molecular weight is 355 g/mol. The van der Waals surface area contributed by atoms with Crippen LogP contribution in [0.15, 0.2) is 12.1 Å². The number of aryl methyl sites for hydroxylation is 1. The molecule has 0 bridgehead atoms. The van der Waals surface area contributed by atoms with Crippen molar-refractivity contribution in [1.82, 2.24) is 14.9 Å². The largest absolute Gasteiger partial charge is 0.379 e. The molecule has 5 nitrogen and oxygen atoms in total. The number of aromatic nitrogens is 2. The van der Waals surface area contributed by atoms with E-state index in [1.165, 1.54) is 0 Å². The van der Waals surface area contributed by atoms with Crippen molar-refractivity contribution < 1.29 is 4.74 Å². The van der Waals surface area contributed by atoms with Crippen LogP contribution in [0.3, 0.4) is 0 Å². The fourth-order valence-electron chi connectivity index (χ4n) is 2.65. The summed E-state index contributed by atoms with van der Waals surface area (Å²) < 4.78 is 5.37. The number of morpholine rings is 1. The van der Waals surface area contributed by atoms with Crippen LogP contribution in [-0.2, 0) is 11.2 Å². The molecule has 7 heteroatoms. The summed E-state index contributed by atoms with van der Waals surface area (Å²) in [6.45, 7) is 7.35. The van der Waals surface area contributed by atoms with Gasteiger partial charge in [0.25, 0.3) is 0 Å². The molecule has 23 heavy (non-hydrogen) atoms. The van der Waals surface area contributed by atoms with E-state index in [-0.39, 0.29) is 0 Å². The summed E-state index contributed by atoms with van der Waals surface area (Å²) in [7, 11) is 0. The predicted molar refractivity (Wildman–Crippen MR) is 94.7 cm³/mol. The highest BCUT2D eigenvalue weighted by Crippen LogP contribution is 2.30. The van der Waals surface area contributed by atoms with E-state index in [4.69, 9.17) is 27.9 Å². The SMILES string of the molecule is CCc1nc(NCCN2CCOCC2)c2cc(Cl)cc(Cl)c2n1. The van der Waals surface area contributed by atoms with Crippen LogP contribution in [0.4, 0.5) is 5.82 Å². The molecule has 124 valence electrons. The molecule has 0 atom stereocenters. The first-order valence-electron chi connectivity index (χ1n) is 7.87. The number of benzene rings is 1. The highest BCUT2D eigenvalue weighted by Gasteiger charge is 2.13. The van der Waals surface area contributed by atoms with Gasteiger partial charge in [0.1, 0.15) is 11.6 Å². The highest BCUT2D eigenvalue weighted by molar-refractivity contribution is 6.38. The van der Waals surface area contributed by atoms with Crippen molar-refractivity contribution in [3.8, 4) is 0 Å². The van der Waals surface area contributed by atoms with E-state index in [0.29, 0.717) is 10.0 Å². The Morgan fingerprint density at radius 3 is 2.74 bits per heavy atom. The molecule has 3 rings (SSSR count). The van der Waals surface area contributed by atoms with Gasteiger partial charge in [-0.05, 0) is 12.1 Å². The van der Waals surface area contributed by atoms with Gasteiger partial charge in [-0.2, -0.15) is 0 Å². The molecule has 2 heterocycles. The number of hydrogen-bond donors (Lipinski definition) is 1. The van der Waals surface area contributed by atoms with Crippen molar-refractivity contribution in [1.29, 1.82) is 0 Å². The number of anilines is 1. The van der Waals surface area contributed by atoms with Crippen molar-refractivity contribution in [2.24, 2.45) is 0 Å². The Kier molecular flexibility index (Phi) is 5.54. The molecule has 1 aromatic heterocycles. The number of halogens is 2. The van der Waals surface area contributed by atoms with E-state index in [1.54, 1.807) is 6.07 Å². The minimum atomic E-state index is 0.556. The number of hydrogen-bond acceptors (Lipinski definition) is 5. The van der Waals surface area contributed by atoms with Gasteiger partial charge in [-0.1, -0.05) is 30.1 Å².